The average Bonchev–Trinajstić information content (AvgIpc) is 3.26. The molecule has 2 saturated heterocycles. The fraction of sp³-hybridized carbons (Fsp3) is 0.654. The van der Waals surface area contributed by atoms with Crippen molar-refractivity contribution in [1.29, 1.82) is 0 Å². The molecular formula is C26H31F3N4O4. The SMILES string of the molecule is O=C(NC[C@@H]1CCCO1)c1oc2c(c1C(F)(F)F)-c1nn(CC3CCN(C(=O)C4CC4)CC3)cc1CC2. The van der Waals surface area contributed by atoms with Gasteiger partial charge in [0.15, 0.2) is 0 Å². The van der Waals surface area contributed by atoms with E-state index in [9.17, 15) is 22.8 Å². The molecular weight excluding hydrogens is 489 g/mol. The number of rotatable bonds is 6. The highest BCUT2D eigenvalue weighted by Gasteiger charge is 2.45. The van der Waals surface area contributed by atoms with Crippen molar-refractivity contribution >= 4 is 11.8 Å². The van der Waals surface area contributed by atoms with Crippen molar-refractivity contribution in [2.24, 2.45) is 11.8 Å². The molecule has 3 fully saturated rings. The van der Waals surface area contributed by atoms with Crippen LogP contribution in [0, 0.1) is 11.8 Å². The summed E-state index contributed by atoms with van der Waals surface area (Å²) in [5, 5.41) is 7.12. The molecule has 0 aromatic carbocycles. The summed E-state index contributed by atoms with van der Waals surface area (Å²) in [6, 6.07) is 0. The number of fused-ring (bicyclic) bond motifs is 3. The van der Waals surface area contributed by atoms with Gasteiger partial charge < -0.3 is 19.4 Å². The Kier molecular flexibility index (Phi) is 6.29. The fourth-order valence-electron chi connectivity index (χ4n) is 5.81. The zero-order valence-electron chi connectivity index (χ0n) is 20.6. The number of nitrogens with zero attached hydrogens (tertiary/aromatic N) is 3. The number of hydrogen-bond acceptors (Lipinski definition) is 5. The minimum Gasteiger partial charge on any atom is -0.455 e. The van der Waals surface area contributed by atoms with Gasteiger partial charge in [-0.05, 0) is 56.4 Å². The van der Waals surface area contributed by atoms with Crippen molar-refractivity contribution in [3.8, 4) is 11.3 Å². The number of furan rings is 1. The number of piperidine rings is 1. The smallest absolute Gasteiger partial charge is 0.420 e. The van der Waals surface area contributed by atoms with E-state index in [-0.39, 0.29) is 47.9 Å². The standard InChI is InChI=1S/C26H31F3N4O4/c27-26(28,29)21-20-19(37-23(21)24(34)30-12-18-2-1-11-36-18)6-5-17-14-33(31-22(17)20)13-15-7-9-32(10-8-15)25(35)16-3-4-16/h14-16,18H,1-13H2,(H,30,34)/t18-/m0/s1. The first-order chi connectivity index (χ1) is 17.8. The molecule has 4 heterocycles. The van der Waals surface area contributed by atoms with E-state index in [1.54, 1.807) is 4.68 Å². The molecule has 2 aliphatic carbocycles. The number of amides is 2. The van der Waals surface area contributed by atoms with Crippen LogP contribution in [0.5, 0.6) is 0 Å². The number of aromatic nitrogens is 2. The molecule has 2 aliphatic heterocycles. The summed E-state index contributed by atoms with van der Waals surface area (Å²) in [7, 11) is 0. The molecule has 0 spiro atoms. The first-order valence-electron chi connectivity index (χ1n) is 13.3. The Balaban J connectivity index is 1.20. The molecule has 37 heavy (non-hydrogen) atoms. The highest BCUT2D eigenvalue weighted by atomic mass is 19.4. The second-order valence-corrected chi connectivity index (χ2v) is 10.7. The zero-order chi connectivity index (χ0) is 25.7. The van der Waals surface area contributed by atoms with E-state index in [0.717, 1.165) is 57.2 Å². The van der Waals surface area contributed by atoms with Gasteiger partial charge in [-0.3, -0.25) is 14.3 Å². The van der Waals surface area contributed by atoms with Gasteiger partial charge in [0.05, 0.1) is 17.4 Å². The van der Waals surface area contributed by atoms with E-state index >= 15 is 0 Å². The van der Waals surface area contributed by atoms with Gasteiger partial charge in [-0.1, -0.05) is 0 Å². The van der Waals surface area contributed by atoms with Crippen molar-refractivity contribution in [2.75, 3.05) is 26.2 Å². The van der Waals surface area contributed by atoms with Crippen LogP contribution in [-0.2, 0) is 35.1 Å². The normalized spacial score (nSPS) is 22.1. The molecule has 2 aromatic heterocycles. The maximum atomic E-state index is 14.3. The predicted molar refractivity (Wildman–Crippen MR) is 126 cm³/mol. The van der Waals surface area contributed by atoms with Crippen molar-refractivity contribution in [3.05, 3.63) is 28.8 Å². The van der Waals surface area contributed by atoms with Gasteiger partial charge in [-0.2, -0.15) is 18.3 Å². The van der Waals surface area contributed by atoms with Crippen molar-refractivity contribution in [1.82, 2.24) is 20.0 Å². The van der Waals surface area contributed by atoms with E-state index in [1.165, 1.54) is 0 Å². The number of hydrogen-bond donors (Lipinski definition) is 1. The van der Waals surface area contributed by atoms with Crippen LogP contribution >= 0.6 is 0 Å². The highest BCUT2D eigenvalue weighted by molar-refractivity contribution is 5.96. The minimum atomic E-state index is -4.77. The Morgan fingerprint density at radius 1 is 1.11 bits per heavy atom. The van der Waals surface area contributed by atoms with Gasteiger partial charge in [-0.25, -0.2) is 0 Å². The van der Waals surface area contributed by atoms with Gasteiger partial charge in [0.25, 0.3) is 5.91 Å². The third-order valence-electron chi connectivity index (χ3n) is 7.98. The van der Waals surface area contributed by atoms with Gasteiger partial charge >= 0.3 is 6.18 Å². The molecule has 0 radical (unpaired) electrons. The highest BCUT2D eigenvalue weighted by Crippen LogP contribution is 2.46. The summed E-state index contributed by atoms with van der Waals surface area (Å²) in [5.74, 6) is -0.662. The van der Waals surface area contributed by atoms with E-state index < -0.39 is 23.4 Å². The summed E-state index contributed by atoms with van der Waals surface area (Å²) in [5.41, 5.74) is -0.187. The number of likely N-dealkylation sites (tertiary alicyclic amines) is 1. The van der Waals surface area contributed by atoms with Crippen molar-refractivity contribution < 1.29 is 31.9 Å². The number of aryl methyl sites for hydroxylation is 2. The fourth-order valence-corrected chi connectivity index (χ4v) is 5.81. The Bertz CT molecular complexity index is 1190. The van der Waals surface area contributed by atoms with E-state index in [1.807, 2.05) is 11.1 Å². The molecule has 0 bridgehead atoms. The van der Waals surface area contributed by atoms with Crippen LogP contribution in [0.3, 0.4) is 0 Å². The number of nitrogens with one attached hydrogen (secondary N) is 1. The Labute approximate surface area is 212 Å². The zero-order valence-corrected chi connectivity index (χ0v) is 20.6. The number of halogens is 3. The maximum absolute atomic E-state index is 14.3. The molecule has 2 amide bonds. The summed E-state index contributed by atoms with van der Waals surface area (Å²) in [6.45, 7) is 2.76. The van der Waals surface area contributed by atoms with Crippen LogP contribution < -0.4 is 5.32 Å². The van der Waals surface area contributed by atoms with Crippen LogP contribution in [0.2, 0.25) is 0 Å². The first kappa shape index (κ1) is 24.5. The molecule has 11 heteroatoms. The topological polar surface area (TPSA) is 89.6 Å². The first-order valence-corrected chi connectivity index (χ1v) is 13.3. The Hall–Kier alpha value is -2.82. The van der Waals surface area contributed by atoms with Gasteiger partial charge in [0.2, 0.25) is 11.7 Å². The van der Waals surface area contributed by atoms with Crippen LogP contribution in [0.4, 0.5) is 13.2 Å². The van der Waals surface area contributed by atoms with Gasteiger partial charge in [-0.15, -0.1) is 0 Å². The molecule has 1 atom stereocenters. The van der Waals surface area contributed by atoms with E-state index in [2.05, 4.69) is 10.4 Å². The van der Waals surface area contributed by atoms with Crippen LogP contribution in [-0.4, -0.2) is 58.8 Å². The lowest BCUT2D eigenvalue weighted by molar-refractivity contribution is -0.138. The van der Waals surface area contributed by atoms with Crippen LogP contribution in [0.15, 0.2) is 10.6 Å². The van der Waals surface area contributed by atoms with Crippen LogP contribution in [0.1, 0.15) is 66.0 Å². The van der Waals surface area contributed by atoms with E-state index in [4.69, 9.17) is 9.15 Å². The molecule has 4 aliphatic rings. The second kappa shape index (κ2) is 9.49. The molecule has 200 valence electrons. The largest absolute Gasteiger partial charge is 0.455 e. The summed E-state index contributed by atoms with van der Waals surface area (Å²) in [4.78, 5) is 27.0. The van der Waals surface area contributed by atoms with Gasteiger partial charge in [0, 0.05) is 51.3 Å². The van der Waals surface area contributed by atoms with Crippen molar-refractivity contribution in [2.45, 2.75) is 70.2 Å². The van der Waals surface area contributed by atoms with Crippen molar-refractivity contribution in [3.63, 3.8) is 0 Å². The number of carbonyl (C=O) groups is 2. The summed E-state index contributed by atoms with van der Waals surface area (Å²) >= 11 is 0. The minimum absolute atomic E-state index is 0.111. The summed E-state index contributed by atoms with van der Waals surface area (Å²) in [6.07, 6.45) is 2.95. The number of carbonyl (C=O) groups excluding carboxylic acids is 2. The number of alkyl halides is 3. The third kappa shape index (κ3) is 4.89. The monoisotopic (exact) mass is 520 g/mol. The lowest BCUT2D eigenvalue weighted by Crippen LogP contribution is -2.40. The Morgan fingerprint density at radius 2 is 1.89 bits per heavy atom. The quantitative estimate of drug-likeness (QED) is 0.626. The second-order valence-electron chi connectivity index (χ2n) is 10.7. The third-order valence-corrected chi connectivity index (χ3v) is 7.98. The number of ether oxygens (including phenoxy) is 1. The van der Waals surface area contributed by atoms with E-state index in [0.29, 0.717) is 25.5 Å². The predicted octanol–water partition coefficient (Wildman–Crippen LogP) is 3.82. The lowest BCUT2D eigenvalue weighted by Gasteiger charge is -2.32. The molecule has 0 unspecified atom stereocenters. The molecule has 2 aromatic rings. The average molecular weight is 521 g/mol. The molecule has 6 rings (SSSR count). The lowest BCUT2D eigenvalue weighted by atomic mass is 9.93. The van der Waals surface area contributed by atoms with Crippen LogP contribution in [0.25, 0.3) is 11.3 Å². The molecule has 1 saturated carbocycles. The molecule has 1 N–H and O–H groups in total. The van der Waals surface area contributed by atoms with Gasteiger partial charge in [0.1, 0.15) is 11.3 Å². The summed E-state index contributed by atoms with van der Waals surface area (Å²) < 4.78 is 55.6. The Morgan fingerprint density at radius 3 is 2.57 bits per heavy atom. The maximum Gasteiger partial charge on any atom is 0.420 e. The molecule has 8 nitrogen and oxygen atoms in total.